The molecule has 3 aromatic carbocycles. The minimum absolute atomic E-state index is 0.0955. The lowest BCUT2D eigenvalue weighted by atomic mass is 10.0. The summed E-state index contributed by atoms with van der Waals surface area (Å²) in [6.07, 6.45) is 0.390. The second kappa shape index (κ2) is 9.34. The molecule has 0 fully saturated rings. The molecule has 2 aromatic heterocycles. The molecule has 0 atom stereocenters. The first-order chi connectivity index (χ1) is 17.0. The standard InChI is InChI=1S/C27H22FN5O2/c1-18-23(16-19-8-4-2-5-9-19)26(35)33-27(30-25(31-33)20-10-6-3-7-11-20)32(18)17-24(34)29-22-14-12-21(28)13-15-22/h2-15H,16-17H2,1H3,(H,29,34). The lowest BCUT2D eigenvalue weighted by molar-refractivity contribution is -0.116. The van der Waals surface area contributed by atoms with Crippen molar-refractivity contribution in [2.24, 2.45) is 0 Å². The second-order valence-electron chi connectivity index (χ2n) is 8.19. The fraction of sp³-hybridized carbons (Fsp3) is 0.111. The summed E-state index contributed by atoms with van der Waals surface area (Å²) in [4.78, 5) is 31.0. The lowest BCUT2D eigenvalue weighted by Crippen LogP contribution is -2.29. The van der Waals surface area contributed by atoms with Crippen molar-refractivity contribution < 1.29 is 9.18 Å². The Labute approximate surface area is 200 Å². The normalized spacial score (nSPS) is 11.0. The number of halogens is 1. The highest BCUT2D eigenvalue weighted by atomic mass is 19.1. The van der Waals surface area contributed by atoms with Crippen LogP contribution in [0.4, 0.5) is 10.1 Å². The van der Waals surface area contributed by atoms with Gasteiger partial charge in [-0.2, -0.15) is 9.50 Å². The molecule has 0 spiro atoms. The van der Waals surface area contributed by atoms with E-state index in [-0.39, 0.29) is 29.6 Å². The van der Waals surface area contributed by atoms with E-state index < -0.39 is 0 Å². The average molecular weight is 468 g/mol. The van der Waals surface area contributed by atoms with Gasteiger partial charge in [0.1, 0.15) is 12.4 Å². The largest absolute Gasteiger partial charge is 0.325 e. The number of carbonyl (C=O) groups excluding carboxylic acids is 1. The van der Waals surface area contributed by atoms with E-state index in [4.69, 9.17) is 0 Å². The number of nitrogens with zero attached hydrogens (tertiary/aromatic N) is 4. The summed E-state index contributed by atoms with van der Waals surface area (Å²) in [5.41, 5.74) is 3.10. The SMILES string of the molecule is Cc1c(Cc2ccccc2)c(=O)n2nc(-c3ccccc3)nc2n1CC(=O)Nc1ccc(F)cc1. The Morgan fingerprint density at radius 3 is 2.29 bits per heavy atom. The van der Waals surface area contributed by atoms with Gasteiger partial charge in [0.2, 0.25) is 11.7 Å². The van der Waals surface area contributed by atoms with Gasteiger partial charge in [0.15, 0.2) is 5.82 Å². The number of amides is 1. The molecule has 0 unspecified atom stereocenters. The Morgan fingerprint density at radius 1 is 0.943 bits per heavy atom. The Kier molecular flexibility index (Phi) is 5.93. The van der Waals surface area contributed by atoms with Crippen LogP contribution in [0.2, 0.25) is 0 Å². The maximum absolute atomic E-state index is 13.5. The number of hydrogen-bond acceptors (Lipinski definition) is 4. The zero-order valence-corrected chi connectivity index (χ0v) is 19.0. The third kappa shape index (κ3) is 4.59. The Balaban J connectivity index is 1.60. The van der Waals surface area contributed by atoms with Crippen molar-refractivity contribution >= 4 is 17.4 Å². The number of benzene rings is 3. The van der Waals surface area contributed by atoms with Crippen LogP contribution in [-0.2, 0) is 17.8 Å². The van der Waals surface area contributed by atoms with Crippen molar-refractivity contribution in [2.45, 2.75) is 19.9 Å². The van der Waals surface area contributed by atoms with Crippen molar-refractivity contribution in [3.8, 4) is 11.4 Å². The fourth-order valence-electron chi connectivity index (χ4n) is 3.99. The predicted molar refractivity (Wildman–Crippen MR) is 132 cm³/mol. The summed E-state index contributed by atoms with van der Waals surface area (Å²) >= 11 is 0. The Bertz CT molecular complexity index is 1560. The molecule has 0 saturated carbocycles. The number of fused-ring (bicyclic) bond motifs is 1. The number of hydrogen-bond donors (Lipinski definition) is 1. The first kappa shape index (κ1) is 22.2. The first-order valence-electron chi connectivity index (χ1n) is 11.1. The smallest absolute Gasteiger partial charge is 0.279 e. The van der Waals surface area contributed by atoms with Crippen LogP contribution in [0.25, 0.3) is 17.2 Å². The van der Waals surface area contributed by atoms with Gasteiger partial charge in [-0.15, -0.1) is 5.10 Å². The molecule has 8 heteroatoms. The third-order valence-corrected chi connectivity index (χ3v) is 5.81. The van der Waals surface area contributed by atoms with E-state index in [1.54, 1.807) is 4.57 Å². The zero-order valence-electron chi connectivity index (χ0n) is 19.0. The number of carbonyl (C=O) groups is 1. The van der Waals surface area contributed by atoms with Crippen molar-refractivity contribution in [2.75, 3.05) is 5.32 Å². The molecule has 35 heavy (non-hydrogen) atoms. The number of anilines is 1. The maximum atomic E-state index is 13.5. The van der Waals surface area contributed by atoms with Gasteiger partial charge in [0.25, 0.3) is 5.56 Å². The van der Waals surface area contributed by atoms with Crippen molar-refractivity contribution in [1.82, 2.24) is 19.2 Å². The van der Waals surface area contributed by atoms with Crippen molar-refractivity contribution in [3.63, 3.8) is 0 Å². The highest BCUT2D eigenvalue weighted by Gasteiger charge is 2.20. The Hall–Kier alpha value is -4.59. The van der Waals surface area contributed by atoms with Gasteiger partial charge in [-0.1, -0.05) is 60.7 Å². The average Bonchev–Trinajstić information content (AvgIpc) is 3.33. The van der Waals surface area contributed by atoms with Crippen LogP contribution in [0.1, 0.15) is 16.8 Å². The molecule has 1 amide bonds. The molecule has 0 aliphatic rings. The second-order valence-corrected chi connectivity index (χ2v) is 8.19. The summed E-state index contributed by atoms with van der Waals surface area (Å²) in [6, 6.07) is 24.6. The molecule has 0 saturated heterocycles. The minimum Gasteiger partial charge on any atom is -0.325 e. The molecular formula is C27H22FN5O2. The molecule has 5 rings (SSSR count). The topological polar surface area (TPSA) is 81.3 Å². The minimum atomic E-state index is -0.386. The molecule has 7 nitrogen and oxygen atoms in total. The van der Waals surface area contributed by atoms with Crippen LogP contribution < -0.4 is 10.9 Å². The lowest BCUT2D eigenvalue weighted by Gasteiger charge is -2.15. The number of rotatable bonds is 6. The van der Waals surface area contributed by atoms with E-state index in [1.165, 1.54) is 28.8 Å². The molecule has 2 heterocycles. The molecule has 5 aromatic rings. The first-order valence-corrected chi connectivity index (χ1v) is 11.1. The maximum Gasteiger partial charge on any atom is 0.279 e. The molecule has 174 valence electrons. The molecule has 0 bridgehead atoms. The molecule has 1 N–H and O–H groups in total. The van der Waals surface area contributed by atoms with Crippen LogP contribution >= 0.6 is 0 Å². The number of aromatic nitrogens is 4. The summed E-state index contributed by atoms with van der Waals surface area (Å²) in [5.74, 6) is -0.0485. The van der Waals surface area contributed by atoms with E-state index in [1.807, 2.05) is 67.6 Å². The van der Waals surface area contributed by atoms with Crippen LogP contribution in [0.5, 0.6) is 0 Å². The molecular weight excluding hydrogens is 445 g/mol. The summed E-state index contributed by atoms with van der Waals surface area (Å²) in [7, 11) is 0. The Morgan fingerprint density at radius 2 is 1.60 bits per heavy atom. The summed E-state index contributed by atoms with van der Waals surface area (Å²) in [5, 5.41) is 7.26. The van der Waals surface area contributed by atoms with Gasteiger partial charge < -0.3 is 9.88 Å². The highest BCUT2D eigenvalue weighted by Crippen LogP contribution is 2.18. The predicted octanol–water partition coefficient (Wildman–Crippen LogP) is 4.24. The number of nitrogens with one attached hydrogen (secondary N) is 1. The monoisotopic (exact) mass is 467 g/mol. The molecule has 0 aliphatic heterocycles. The van der Waals surface area contributed by atoms with Crippen LogP contribution in [0.15, 0.2) is 89.7 Å². The van der Waals surface area contributed by atoms with Gasteiger partial charge >= 0.3 is 0 Å². The van der Waals surface area contributed by atoms with Gasteiger partial charge in [0.05, 0.1) is 0 Å². The van der Waals surface area contributed by atoms with Gasteiger partial charge in [-0.3, -0.25) is 9.59 Å². The summed E-state index contributed by atoms with van der Waals surface area (Å²) < 4.78 is 16.2. The van der Waals surface area contributed by atoms with Crippen LogP contribution in [0.3, 0.4) is 0 Å². The zero-order chi connectivity index (χ0) is 24.4. The highest BCUT2D eigenvalue weighted by molar-refractivity contribution is 5.90. The quantitative estimate of drug-likeness (QED) is 0.405. The van der Waals surface area contributed by atoms with E-state index in [2.05, 4.69) is 15.4 Å². The third-order valence-electron chi connectivity index (χ3n) is 5.81. The van der Waals surface area contributed by atoms with E-state index in [9.17, 15) is 14.0 Å². The van der Waals surface area contributed by atoms with Crippen LogP contribution in [-0.4, -0.2) is 25.1 Å². The van der Waals surface area contributed by atoms with E-state index in [0.29, 0.717) is 29.2 Å². The van der Waals surface area contributed by atoms with Crippen molar-refractivity contribution in [1.29, 1.82) is 0 Å². The molecule has 0 radical (unpaired) electrons. The van der Waals surface area contributed by atoms with E-state index >= 15 is 0 Å². The fourth-order valence-corrected chi connectivity index (χ4v) is 3.99. The van der Waals surface area contributed by atoms with E-state index in [0.717, 1.165) is 11.1 Å². The van der Waals surface area contributed by atoms with Gasteiger partial charge in [-0.25, -0.2) is 4.39 Å². The van der Waals surface area contributed by atoms with Gasteiger partial charge in [0, 0.05) is 28.9 Å². The van der Waals surface area contributed by atoms with Crippen LogP contribution in [0, 0.1) is 12.7 Å². The molecule has 0 aliphatic carbocycles. The van der Waals surface area contributed by atoms with Gasteiger partial charge in [-0.05, 0) is 36.8 Å². The van der Waals surface area contributed by atoms with Crippen molar-refractivity contribution in [3.05, 3.63) is 118 Å². The summed E-state index contributed by atoms with van der Waals surface area (Å²) in [6.45, 7) is 1.71.